The highest BCUT2D eigenvalue weighted by Gasteiger charge is 2.01. The van der Waals surface area contributed by atoms with Crippen molar-refractivity contribution in [1.29, 1.82) is 5.26 Å². The van der Waals surface area contributed by atoms with E-state index in [4.69, 9.17) is 14.7 Å². The summed E-state index contributed by atoms with van der Waals surface area (Å²) in [7, 11) is 3.53. The van der Waals surface area contributed by atoms with Gasteiger partial charge in [-0.2, -0.15) is 5.26 Å². The third-order valence-electron chi connectivity index (χ3n) is 2.36. The average Bonchev–Trinajstić information content (AvgIpc) is 2.68. The van der Waals surface area contributed by atoms with Gasteiger partial charge in [-0.15, -0.1) is 0 Å². The summed E-state index contributed by atoms with van der Waals surface area (Å²) < 4.78 is 12.0. The van der Waals surface area contributed by atoms with Crippen LogP contribution in [0.5, 0.6) is 0 Å². The third kappa shape index (κ3) is 5.00. The number of hydrogen-bond donors (Lipinski definition) is 1. The second kappa shape index (κ2) is 7.85. The zero-order valence-electron chi connectivity index (χ0n) is 10.4. The van der Waals surface area contributed by atoms with Crippen LogP contribution in [0.25, 0.3) is 0 Å². The number of nitriles is 1. The Balaban J connectivity index is 2.12. The van der Waals surface area contributed by atoms with Crippen LogP contribution < -0.4 is 5.32 Å². The van der Waals surface area contributed by atoms with Crippen molar-refractivity contribution in [1.82, 2.24) is 9.88 Å². The molecule has 0 atom stereocenters. The van der Waals surface area contributed by atoms with Crippen molar-refractivity contribution in [2.24, 2.45) is 7.05 Å². The number of nitrogens with zero attached hydrogens (tertiary/aromatic N) is 2. The Bertz CT molecular complexity index is 368. The molecule has 0 aromatic carbocycles. The lowest BCUT2D eigenvalue weighted by molar-refractivity contribution is 0.0719. The van der Waals surface area contributed by atoms with Gasteiger partial charge in [-0.1, -0.05) is 0 Å². The van der Waals surface area contributed by atoms with E-state index in [0.717, 1.165) is 18.7 Å². The van der Waals surface area contributed by atoms with E-state index < -0.39 is 0 Å². The highest BCUT2D eigenvalue weighted by Crippen LogP contribution is 2.05. The maximum Gasteiger partial charge on any atom is 0.120 e. The average molecular weight is 237 g/mol. The number of nitrogens with one attached hydrogen (secondary N) is 1. The third-order valence-corrected chi connectivity index (χ3v) is 2.36. The second-order valence-electron chi connectivity index (χ2n) is 3.74. The van der Waals surface area contributed by atoms with E-state index in [1.54, 1.807) is 7.11 Å². The molecule has 17 heavy (non-hydrogen) atoms. The predicted octanol–water partition coefficient (Wildman–Crippen LogP) is 0.649. The Labute approximate surface area is 102 Å². The molecule has 0 aliphatic rings. The molecule has 5 heteroatoms. The van der Waals surface area contributed by atoms with Gasteiger partial charge in [0.25, 0.3) is 0 Å². The van der Waals surface area contributed by atoms with Gasteiger partial charge in [-0.25, -0.2) is 0 Å². The van der Waals surface area contributed by atoms with Crippen LogP contribution in [0, 0.1) is 11.3 Å². The van der Waals surface area contributed by atoms with E-state index in [1.807, 2.05) is 23.9 Å². The molecule has 0 saturated heterocycles. The highest BCUT2D eigenvalue weighted by atomic mass is 16.5. The Kier molecular flexibility index (Phi) is 6.33. The van der Waals surface area contributed by atoms with Crippen molar-refractivity contribution in [2.75, 3.05) is 33.5 Å². The zero-order valence-corrected chi connectivity index (χ0v) is 10.4. The molecule has 0 amide bonds. The van der Waals surface area contributed by atoms with Gasteiger partial charge in [0.05, 0.1) is 19.8 Å². The second-order valence-corrected chi connectivity index (χ2v) is 3.74. The molecule has 0 aliphatic carbocycles. The minimum absolute atomic E-state index is 0.627. The number of hydrogen-bond acceptors (Lipinski definition) is 4. The number of aryl methyl sites for hydroxylation is 1. The maximum absolute atomic E-state index is 8.80. The van der Waals surface area contributed by atoms with E-state index in [1.165, 1.54) is 0 Å². The first-order chi connectivity index (χ1) is 8.27. The number of methoxy groups -OCH3 is 1. The fourth-order valence-electron chi connectivity index (χ4n) is 1.46. The lowest BCUT2D eigenvalue weighted by Crippen LogP contribution is -2.19. The van der Waals surface area contributed by atoms with Gasteiger partial charge in [0.2, 0.25) is 0 Å². The zero-order chi connectivity index (χ0) is 12.5. The van der Waals surface area contributed by atoms with Crippen LogP contribution in [0.4, 0.5) is 0 Å². The van der Waals surface area contributed by atoms with Gasteiger partial charge in [-0.05, 0) is 11.6 Å². The summed E-state index contributed by atoms with van der Waals surface area (Å²) >= 11 is 0. The van der Waals surface area contributed by atoms with E-state index in [9.17, 15) is 0 Å². The van der Waals surface area contributed by atoms with Gasteiger partial charge < -0.3 is 19.4 Å². The van der Waals surface area contributed by atoms with E-state index >= 15 is 0 Å². The molecular formula is C12H19N3O2. The predicted molar refractivity (Wildman–Crippen MR) is 64.5 cm³/mol. The largest absolute Gasteiger partial charge is 0.382 e. The molecule has 1 N–H and O–H groups in total. The summed E-state index contributed by atoms with van der Waals surface area (Å²) in [6.45, 7) is 3.47. The van der Waals surface area contributed by atoms with Crippen LogP contribution in [0.1, 0.15) is 11.3 Å². The lowest BCUT2D eigenvalue weighted by atomic mass is 10.3. The fourth-order valence-corrected chi connectivity index (χ4v) is 1.46. The summed E-state index contributed by atoms with van der Waals surface area (Å²) in [6.07, 6.45) is 1.96. The molecule has 0 aliphatic heterocycles. The molecule has 1 aromatic rings. The molecule has 0 unspecified atom stereocenters. The molecule has 5 nitrogen and oxygen atoms in total. The fraction of sp³-hybridized carbons (Fsp3) is 0.583. The molecule has 1 aromatic heterocycles. The Morgan fingerprint density at radius 2 is 2.24 bits per heavy atom. The topological polar surface area (TPSA) is 59.2 Å². The van der Waals surface area contributed by atoms with Crippen LogP contribution in [-0.4, -0.2) is 38.0 Å². The first-order valence-corrected chi connectivity index (χ1v) is 5.60. The van der Waals surface area contributed by atoms with Crippen molar-refractivity contribution < 1.29 is 9.47 Å². The number of rotatable bonds is 8. The molecule has 1 rings (SSSR count). The summed E-state index contributed by atoms with van der Waals surface area (Å²) in [5.41, 5.74) is 1.79. The van der Waals surface area contributed by atoms with Crippen molar-refractivity contribution >= 4 is 0 Å². The van der Waals surface area contributed by atoms with Crippen LogP contribution in [0.15, 0.2) is 12.3 Å². The van der Waals surface area contributed by atoms with Gasteiger partial charge in [-0.3, -0.25) is 0 Å². The lowest BCUT2D eigenvalue weighted by Gasteiger charge is -2.04. The van der Waals surface area contributed by atoms with Crippen molar-refractivity contribution in [3.8, 4) is 6.07 Å². The van der Waals surface area contributed by atoms with Crippen LogP contribution >= 0.6 is 0 Å². The molecule has 0 spiro atoms. The van der Waals surface area contributed by atoms with E-state index in [-0.39, 0.29) is 0 Å². The molecule has 94 valence electrons. The van der Waals surface area contributed by atoms with Crippen LogP contribution in [0.3, 0.4) is 0 Å². The minimum Gasteiger partial charge on any atom is -0.382 e. The van der Waals surface area contributed by atoms with Crippen molar-refractivity contribution in [3.05, 3.63) is 23.5 Å². The molecule has 0 fully saturated rings. The maximum atomic E-state index is 8.80. The first-order valence-electron chi connectivity index (χ1n) is 5.60. The SMILES string of the molecule is COCCOCCNCc1cc(C#N)n(C)c1. The summed E-state index contributed by atoms with van der Waals surface area (Å²) in [6, 6.07) is 4.02. The molecule has 1 heterocycles. The molecule has 0 bridgehead atoms. The standard InChI is InChI=1S/C12H19N3O2/c1-15-10-11(7-12(15)8-13)9-14-3-4-17-6-5-16-2/h7,10,14H,3-6,9H2,1-2H3. The van der Waals surface area contributed by atoms with Crippen molar-refractivity contribution in [2.45, 2.75) is 6.54 Å². The molecular weight excluding hydrogens is 218 g/mol. The number of ether oxygens (including phenoxy) is 2. The highest BCUT2D eigenvalue weighted by molar-refractivity contribution is 5.28. The number of aromatic nitrogens is 1. The molecule has 0 saturated carbocycles. The summed E-state index contributed by atoms with van der Waals surface area (Å²) in [5, 5.41) is 12.1. The first kappa shape index (κ1) is 13.7. The Morgan fingerprint density at radius 1 is 1.41 bits per heavy atom. The smallest absolute Gasteiger partial charge is 0.120 e. The van der Waals surface area contributed by atoms with Gasteiger partial charge in [0.1, 0.15) is 11.8 Å². The van der Waals surface area contributed by atoms with Gasteiger partial charge in [0, 0.05) is 33.4 Å². The van der Waals surface area contributed by atoms with Gasteiger partial charge >= 0.3 is 0 Å². The van der Waals surface area contributed by atoms with Crippen molar-refractivity contribution in [3.63, 3.8) is 0 Å². The van der Waals surface area contributed by atoms with Crippen LogP contribution in [-0.2, 0) is 23.1 Å². The van der Waals surface area contributed by atoms with Gasteiger partial charge in [0.15, 0.2) is 0 Å². The normalized spacial score (nSPS) is 10.4. The van der Waals surface area contributed by atoms with Crippen LogP contribution in [0.2, 0.25) is 0 Å². The molecule has 0 radical (unpaired) electrons. The summed E-state index contributed by atoms with van der Waals surface area (Å²) in [4.78, 5) is 0. The summed E-state index contributed by atoms with van der Waals surface area (Å²) in [5.74, 6) is 0. The van der Waals surface area contributed by atoms with E-state index in [0.29, 0.717) is 25.5 Å². The monoisotopic (exact) mass is 237 g/mol. The minimum atomic E-state index is 0.627. The van der Waals surface area contributed by atoms with E-state index in [2.05, 4.69) is 11.4 Å². The Hall–Kier alpha value is -1.35. The Morgan fingerprint density at radius 3 is 2.88 bits per heavy atom. The quantitative estimate of drug-likeness (QED) is 0.674.